The van der Waals surface area contributed by atoms with E-state index in [1.54, 1.807) is 10.9 Å². The first-order valence-electron chi connectivity index (χ1n) is 8.87. The molecule has 0 aliphatic carbocycles. The third kappa shape index (κ3) is 3.44. The van der Waals surface area contributed by atoms with E-state index < -0.39 is 0 Å². The van der Waals surface area contributed by atoms with E-state index >= 15 is 0 Å². The van der Waals surface area contributed by atoms with Crippen LogP contribution in [0.4, 0.5) is 11.5 Å². The van der Waals surface area contributed by atoms with Crippen molar-refractivity contribution in [1.29, 1.82) is 5.26 Å². The average Bonchev–Trinajstić information content (AvgIpc) is 3.06. The number of aryl methyl sites for hydroxylation is 2. The number of hydrogen-bond donors (Lipinski definition) is 0. The molecule has 0 saturated carbocycles. The zero-order valence-corrected chi connectivity index (χ0v) is 15.4. The van der Waals surface area contributed by atoms with Gasteiger partial charge in [-0.05, 0) is 44.2 Å². The number of pyridine rings is 1. The molecule has 4 rings (SSSR count). The van der Waals surface area contributed by atoms with Gasteiger partial charge in [-0.1, -0.05) is 0 Å². The van der Waals surface area contributed by atoms with Crippen molar-refractivity contribution in [3.8, 4) is 11.9 Å². The van der Waals surface area contributed by atoms with E-state index in [0.717, 1.165) is 54.9 Å². The van der Waals surface area contributed by atoms with Crippen LogP contribution < -0.4 is 9.80 Å². The Morgan fingerprint density at radius 3 is 2.26 bits per heavy atom. The van der Waals surface area contributed by atoms with Gasteiger partial charge in [-0.3, -0.25) is 0 Å². The van der Waals surface area contributed by atoms with Gasteiger partial charge in [-0.15, -0.1) is 10.2 Å². The molecule has 1 aliphatic rings. The number of nitrogens with zero attached hydrogens (tertiary/aromatic N) is 8. The Kier molecular flexibility index (Phi) is 4.42. The van der Waals surface area contributed by atoms with Crippen LogP contribution in [0.15, 0.2) is 36.5 Å². The van der Waals surface area contributed by atoms with Gasteiger partial charge in [-0.2, -0.15) is 10.4 Å². The molecule has 1 saturated heterocycles. The van der Waals surface area contributed by atoms with Crippen LogP contribution in [0.1, 0.15) is 17.1 Å². The van der Waals surface area contributed by atoms with Crippen LogP contribution in [0.3, 0.4) is 0 Å². The Bertz CT molecular complexity index is 978. The van der Waals surface area contributed by atoms with Crippen LogP contribution in [0.2, 0.25) is 0 Å². The van der Waals surface area contributed by atoms with Crippen LogP contribution in [-0.2, 0) is 0 Å². The van der Waals surface area contributed by atoms with Crippen LogP contribution in [0.5, 0.6) is 0 Å². The molecule has 0 spiro atoms. The Morgan fingerprint density at radius 1 is 0.926 bits per heavy atom. The van der Waals surface area contributed by atoms with Gasteiger partial charge in [0.1, 0.15) is 11.8 Å². The van der Waals surface area contributed by atoms with E-state index in [9.17, 15) is 0 Å². The second-order valence-electron chi connectivity index (χ2n) is 6.57. The maximum Gasteiger partial charge on any atom is 0.176 e. The number of rotatable bonds is 3. The standard InChI is InChI=1S/C19H20N8/c1-14-11-15(2)27(24-14)19-4-3-18(22-23-19)26-9-7-25(8-10-26)17-5-6-21-16(12-17)13-20/h3-6,11-12H,7-10H2,1-2H3. The fourth-order valence-corrected chi connectivity index (χ4v) is 3.33. The Hall–Kier alpha value is -3.47. The quantitative estimate of drug-likeness (QED) is 0.705. The summed E-state index contributed by atoms with van der Waals surface area (Å²) < 4.78 is 1.81. The van der Waals surface area contributed by atoms with Crippen LogP contribution >= 0.6 is 0 Å². The Balaban J connectivity index is 1.44. The van der Waals surface area contributed by atoms with Crippen molar-refractivity contribution in [3.05, 3.63) is 53.6 Å². The van der Waals surface area contributed by atoms with E-state index in [1.165, 1.54) is 0 Å². The van der Waals surface area contributed by atoms with E-state index in [0.29, 0.717) is 5.69 Å². The smallest absolute Gasteiger partial charge is 0.176 e. The first-order valence-corrected chi connectivity index (χ1v) is 8.87. The molecule has 136 valence electrons. The highest BCUT2D eigenvalue weighted by Crippen LogP contribution is 2.20. The molecule has 0 amide bonds. The summed E-state index contributed by atoms with van der Waals surface area (Å²) in [6.45, 7) is 7.38. The van der Waals surface area contributed by atoms with Crippen molar-refractivity contribution < 1.29 is 0 Å². The zero-order chi connectivity index (χ0) is 18.8. The molecule has 4 heterocycles. The van der Waals surface area contributed by atoms with Crippen LogP contribution in [0.25, 0.3) is 5.82 Å². The van der Waals surface area contributed by atoms with E-state index in [1.807, 2.05) is 44.2 Å². The summed E-state index contributed by atoms with van der Waals surface area (Å²) in [5.41, 5.74) is 3.48. The molecule has 8 nitrogen and oxygen atoms in total. The number of nitriles is 1. The van der Waals surface area contributed by atoms with Gasteiger partial charge < -0.3 is 9.80 Å². The van der Waals surface area contributed by atoms with Gasteiger partial charge in [-0.25, -0.2) is 9.67 Å². The number of anilines is 2. The van der Waals surface area contributed by atoms with Gasteiger partial charge in [0.15, 0.2) is 11.6 Å². The van der Waals surface area contributed by atoms with Crippen LogP contribution in [0, 0.1) is 25.2 Å². The summed E-state index contributed by atoms with van der Waals surface area (Å²) in [6, 6.07) is 11.8. The van der Waals surface area contributed by atoms with Crippen molar-refractivity contribution in [2.45, 2.75) is 13.8 Å². The summed E-state index contributed by atoms with van der Waals surface area (Å²) >= 11 is 0. The Morgan fingerprint density at radius 2 is 1.63 bits per heavy atom. The van der Waals surface area contributed by atoms with Gasteiger partial charge in [0.05, 0.1) is 5.69 Å². The molecule has 0 radical (unpaired) electrons. The highest BCUT2D eigenvalue weighted by molar-refractivity contribution is 5.51. The summed E-state index contributed by atoms with van der Waals surface area (Å²) in [6.07, 6.45) is 1.68. The van der Waals surface area contributed by atoms with Crippen LogP contribution in [-0.4, -0.2) is 51.1 Å². The van der Waals surface area contributed by atoms with Crippen molar-refractivity contribution in [2.75, 3.05) is 36.0 Å². The summed E-state index contributed by atoms with van der Waals surface area (Å²) in [7, 11) is 0. The third-order valence-corrected chi connectivity index (χ3v) is 4.69. The lowest BCUT2D eigenvalue weighted by Gasteiger charge is -2.36. The molecule has 0 unspecified atom stereocenters. The molecule has 8 heteroatoms. The summed E-state index contributed by atoms with van der Waals surface area (Å²) in [5, 5.41) is 22.2. The molecule has 0 aromatic carbocycles. The molecule has 3 aromatic heterocycles. The predicted molar refractivity (Wildman–Crippen MR) is 102 cm³/mol. The second kappa shape index (κ2) is 7.03. The molecule has 0 atom stereocenters. The predicted octanol–water partition coefficient (Wildman–Crippen LogP) is 1.87. The molecule has 1 fully saturated rings. The van der Waals surface area contributed by atoms with Crippen molar-refractivity contribution >= 4 is 11.5 Å². The highest BCUT2D eigenvalue weighted by atomic mass is 15.4. The minimum atomic E-state index is 0.445. The minimum absolute atomic E-state index is 0.445. The van der Waals surface area contributed by atoms with E-state index in [2.05, 4.69) is 36.1 Å². The SMILES string of the molecule is Cc1cc(C)n(-c2ccc(N3CCN(c4ccnc(C#N)c4)CC3)nn2)n1. The molecular formula is C19H20N8. The lowest BCUT2D eigenvalue weighted by molar-refractivity contribution is 0.641. The Labute approximate surface area is 157 Å². The monoisotopic (exact) mass is 360 g/mol. The lowest BCUT2D eigenvalue weighted by Crippen LogP contribution is -2.47. The normalized spacial score (nSPS) is 14.3. The fourth-order valence-electron chi connectivity index (χ4n) is 3.33. The summed E-state index contributed by atoms with van der Waals surface area (Å²) in [5.74, 6) is 1.59. The summed E-state index contributed by atoms with van der Waals surface area (Å²) in [4.78, 5) is 8.52. The molecule has 0 N–H and O–H groups in total. The maximum absolute atomic E-state index is 9.01. The average molecular weight is 360 g/mol. The zero-order valence-electron chi connectivity index (χ0n) is 15.4. The third-order valence-electron chi connectivity index (χ3n) is 4.69. The largest absolute Gasteiger partial charge is 0.368 e. The van der Waals surface area contributed by atoms with Gasteiger partial charge in [0.25, 0.3) is 0 Å². The number of aromatic nitrogens is 5. The first-order chi connectivity index (χ1) is 13.1. The van der Waals surface area contributed by atoms with Gasteiger partial charge in [0.2, 0.25) is 0 Å². The molecule has 27 heavy (non-hydrogen) atoms. The molecule has 0 bridgehead atoms. The van der Waals surface area contributed by atoms with E-state index in [-0.39, 0.29) is 0 Å². The van der Waals surface area contributed by atoms with Crippen molar-refractivity contribution in [3.63, 3.8) is 0 Å². The first kappa shape index (κ1) is 17.0. The van der Waals surface area contributed by atoms with E-state index in [4.69, 9.17) is 5.26 Å². The molecule has 3 aromatic rings. The number of hydrogen-bond acceptors (Lipinski definition) is 7. The highest BCUT2D eigenvalue weighted by Gasteiger charge is 2.19. The lowest BCUT2D eigenvalue weighted by atomic mass is 10.2. The van der Waals surface area contributed by atoms with Gasteiger partial charge in [0, 0.05) is 43.8 Å². The minimum Gasteiger partial charge on any atom is -0.368 e. The molecule has 1 aliphatic heterocycles. The maximum atomic E-state index is 9.01. The van der Waals surface area contributed by atoms with Crippen molar-refractivity contribution in [2.24, 2.45) is 0 Å². The van der Waals surface area contributed by atoms with Gasteiger partial charge >= 0.3 is 0 Å². The number of piperazine rings is 1. The molecular weight excluding hydrogens is 340 g/mol. The van der Waals surface area contributed by atoms with Crippen molar-refractivity contribution in [1.82, 2.24) is 25.0 Å². The second-order valence-corrected chi connectivity index (χ2v) is 6.57. The topological polar surface area (TPSA) is 86.8 Å². The fraction of sp³-hybridized carbons (Fsp3) is 0.316.